The summed E-state index contributed by atoms with van der Waals surface area (Å²) in [5.41, 5.74) is 5.15. The van der Waals surface area contributed by atoms with E-state index in [0.717, 1.165) is 39.4 Å². The Kier molecular flexibility index (Phi) is 3.99. The van der Waals surface area contributed by atoms with Crippen molar-refractivity contribution in [3.63, 3.8) is 0 Å². The van der Waals surface area contributed by atoms with E-state index in [0.29, 0.717) is 0 Å². The highest BCUT2D eigenvalue weighted by molar-refractivity contribution is 5.91. The molecule has 5 heteroatoms. The third kappa shape index (κ3) is 2.75. The molecule has 0 bridgehead atoms. The van der Waals surface area contributed by atoms with Crippen LogP contribution in [0.2, 0.25) is 0 Å². The molecule has 2 heterocycles. The third-order valence-corrected chi connectivity index (χ3v) is 4.63. The summed E-state index contributed by atoms with van der Waals surface area (Å²) in [6, 6.07) is 16.5. The number of methoxy groups -OCH3 is 1. The summed E-state index contributed by atoms with van der Waals surface area (Å²) < 4.78 is 7.44. The van der Waals surface area contributed by atoms with E-state index in [1.807, 2.05) is 35.7 Å². The van der Waals surface area contributed by atoms with Crippen LogP contribution in [0.25, 0.3) is 16.6 Å². The molecule has 1 atom stereocenters. The number of fused-ring (bicyclic) bond motifs is 3. The van der Waals surface area contributed by atoms with Gasteiger partial charge in [-0.25, -0.2) is 9.50 Å². The molecule has 132 valence electrons. The average molecular weight is 346 g/mol. The molecule has 1 N–H and O–H groups in total. The zero-order chi connectivity index (χ0) is 18.3. The van der Waals surface area contributed by atoms with Gasteiger partial charge in [-0.3, -0.25) is 0 Å². The molecule has 0 saturated carbocycles. The Balaban J connectivity index is 1.82. The van der Waals surface area contributed by atoms with Crippen LogP contribution in [-0.2, 0) is 0 Å². The van der Waals surface area contributed by atoms with Crippen LogP contribution in [0.1, 0.15) is 29.8 Å². The molecule has 2 aromatic heterocycles. The van der Waals surface area contributed by atoms with Crippen molar-refractivity contribution in [1.29, 1.82) is 0 Å². The second-order valence-electron chi connectivity index (χ2n) is 6.64. The lowest BCUT2D eigenvalue weighted by Crippen LogP contribution is -2.11. The zero-order valence-corrected chi connectivity index (χ0v) is 15.4. The van der Waals surface area contributed by atoms with Crippen LogP contribution in [-0.4, -0.2) is 21.7 Å². The predicted molar refractivity (Wildman–Crippen MR) is 105 cm³/mol. The molecule has 4 rings (SSSR count). The van der Waals surface area contributed by atoms with Gasteiger partial charge in [-0.05, 0) is 39.0 Å². The maximum atomic E-state index is 5.55. The smallest absolute Gasteiger partial charge is 0.158 e. The number of nitrogens with one attached hydrogen (secondary N) is 1. The number of rotatable bonds is 4. The minimum atomic E-state index is 0.0484. The van der Waals surface area contributed by atoms with Crippen LogP contribution in [0, 0.1) is 13.8 Å². The number of aromatic nitrogens is 3. The summed E-state index contributed by atoms with van der Waals surface area (Å²) >= 11 is 0. The molecule has 5 nitrogen and oxygen atoms in total. The van der Waals surface area contributed by atoms with Gasteiger partial charge in [-0.15, -0.1) is 0 Å². The van der Waals surface area contributed by atoms with E-state index in [9.17, 15) is 0 Å². The predicted octanol–water partition coefficient (Wildman–Crippen LogP) is 4.68. The van der Waals surface area contributed by atoms with Gasteiger partial charge in [0.1, 0.15) is 11.6 Å². The maximum Gasteiger partial charge on any atom is 0.158 e. The first-order valence-corrected chi connectivity index (χ1v) is 8.73. The summed E-state index contributed by atoms with van der Waals surface area (Å²) in [6.07, 6.45) is 0. The number of hydrogen-bond acceptors (Lipinski definition) is 4. The summed E-state index contributed by atoms with van der Waals surface area (Å²) in [6.45, 7) is 6.20. The Morgan fingerprint density at radius 3 is 2.69 bits per heavy atom. The van der Waals surface area contributed by atoms with E-state index < -0.39 is 0 Å². The fourth-order valence-corrected chi connectivity index (χ4v) is 3.36. The maximum absolute atomic E-state index is 5.55. The van der Waals surface area contributed by atoms with Gasteiger partial charge in [-0.2, -0.15) is 5.10 Å². The van der Waals surface area contributed by atoms with Crippen LogP contribution >= 0.6 is 0 Å². The van der Waals surface area contributed by atoms with Gasteiger partial charge < -0.3 is 10.1 Å². The minimum absolute atomic E-state index is 0.0484. The summed E-state index contributed by atoms with van der Waals surface area (Å²) in [4.78, 5) is 4.82. The van der Waals surface area contributed by atoms with Crippen LogP contribution in [0.15, 0.2) is 48.5 Å². The van der Waals surface area contributed by atoms with Crippen LogP contribution in [0.5, 0.6) is 5.75 Å². The van der Waals surface area contributed by atoms with Gasteiger partial charge in [0.05, 0.1) is 24.4 Å². The number of ether oxygens (including phenoxy) is 1. The fraction of sp³-hybridized carbons (Fsp3) is 0.238. The molecule has 0 aliphatic heterocycles. The molecule has 0 amide bonds. The summed E-state index contributed by atoms with van der Waals surface area (Å²) in [5.74, 6) is 1.73. The second-order valence-corrected chi connectivity index (χ2v) is 6.64. The molecule has 0 aliphatic rings. The highest BCUT2D eigenvalue weighted by atomic mass is 16.5. The van der Waals surface area contributed by atoms with Crippen LogP contribution < -0.4 is 10.1 Å². The van der Waals surface area contributed by atoms with E-state index >= 15 is 0 Å². The molecule has 0 radical (unpaired) electrons. The van der Waals surface area contributed by atoms with Gasteiger partial charge in [0, 0.05) is 17.0 Å². The van der Waals surface area contributed by atoms with E-state index in [-0.39, 0.29) is 6.04 Å². The van der Waals surface area contributed by atoms with E-state index in [4.69, 9.17) is 9.72 Å². The number of anilines is 1. The molecule has 0 aliphatic carbocycles. The molecule has 2 aromatic carbocycles. The van der Waals surface area contributed by atoms with Crippen molar-refractivity contribution < 1.29 is 4.74 Å². The van der Waals surface area contributed by atoms with Crippen molar-refractivity contribution in [2.45, 2.75) is 26.8 Å². The van der Waals surface area contributed by atoms with E-state index in [1.54, 1.807) is 7.11 Å². The van der Waals surface area contributed by atoms with Crippen molar-refractivity contribution >= 4 is 22.4 Å². The molecular weight excluding hydrogens is 324 g/mol. The summed E-state index contributed by atoms with van der Waals surface area (Å²) in [5, 5.41) is 9.18. The molecule has 0 saturated heterocycles. The number of nitrogens with zero attached hydrogens (tertiary/aromatic N) is 3. The average Bonchev–Trinajstić information content (AvgIpc) is 3.02. The zero-order valence-electron chi connectivity index (χ0n) is 15.4. The van der Waals surface area contributed by atoms with Crippen LogP contribution in [0.4, 0.5) is 5.82 Å². The van der Waals surface area contributed by atoms with Gasteiger partial charge >= 0.3 is 0 Å². The first kappa shape index (κ1) is 16.4. The van der Waals surface area contributed by atoms with Crippen molar-refractivity contribution in [1.82, 2.24) is 14.6 Å². The Morgan fingerprint density at radius 1 is 1.08 bits per heavy atom. The van der Waals surface area contributed by atoms with Crippen molar-refractivity contribution in [2.75, 3.05) is 12.4 Å². The number of benzene rings is 2. The first-order valence-electron chi connectivity index (χ1n) is 8.73. The SMILES string of the molecule is COc1ccc(C)cc1[C@@H](C)Nc1nc2cc(C)nn2c2ccccc12. The van der Waals surface area contributed by atoms with Gasteiger partial charge in [0.2, 0.25) is 0 Å². The fourth-order valence-electron chi connectivity index (χ4n) is 3.36. The quantitative estimate of drug-likeness (QED) is 0.583. The largest absolute Gasteiger partial charge is 0.496 e. The van der Waals surface area contributed by atoms with E-state index in [2.05, 4.69) is 48.5 Å². The Morgan fingerprint density at radius 2 is 1.88 bits per heavy atom. The number of hydrogen-bond donors (Lipinski definition) is 1. The highest BCUT2D eigenvalue weighted by Crippen LogP contribution is 2.31. The van der Waals surface area contributed by atoms with E-state index in [1.165, 1.54) is 5.56 Å². The molecule has 26 heavy (non-hydrogen) atoms. The monoisotopic (exact) mass is 346 g/mol. The van der Waals surface area contributed by atoms with Gasteiger partial charge in [-0.1, -0.05) is 29.8 Å². The normalized spacial score (nSPS) is 12.5. The molecule has 4 aromatic rings. The lowest BCUT2D eigenvalue weighted by Gasteiger charge is -2.19. The Labute approximate surface area is 152 Å². The first-order chi connectivity index (χ1) is 12.6. The second kappa shape index (κ2) is 6.33. The van der Waals surface area contributed by atoms with Crippen molar-refractivity contribution in [3.05, 3.63) is 65.4 Å². The number of aryl methyl sites for hydroxylation is 2. The van der Waals surface area contributed by atoms with Gasteiger partial charge in [0.25, 0.3) is 0 Å². The molecule has 0 unspecified atom stereocenters. The number of para-hydroxylation sites is 1. The van der Waals surface area contributed by atoms with Crippen molar-refractivity contribution in [3.8, 4) is 5.75 Å². The molecular formula is C21H22N4O. The van der Waals surface area contributed by atoms with Crippen LogP contribution in [0.3, 0.4) is 0 Å². The lowest BCUT2D eigenvalue weighted by atomic mass is 10.0. The minimum Gasteiger partial charge on any atom is -0.496 e. The Hall–Kier alpha value is -3.08. The summed E-state index contributed by atoms with van der Waals surface area (Å²) in [7, 11) is 1.70. The third-order valence-electron chi connectivity index (χ3n) is 4.63. The molecule has 0 spiro atoms. The Bertz CT molecular complexity index is 1100. The highest BCUT2D eigenvalue weighted by Gasteiger charge is 2.15. The topological polar surface area (TPSA) is 51.5 Å². The lowest BCUT2D eigenvalue weighted by molar-refractivity contribution is 0.408. The molecule has 0 fully saturated rings. The standard InChI is InChI=1S/C21H22N4O/c1-13-9-10-19(26-4)17(11-13)15(3)22-21-16-7-5-6-8-18(16)25-20(23-21)12-14(2)24-25/h5-12,15H,1-4H3,(H,22,23)/t15-/m1/s1. The van der Waals surface area contributed by atoms with Crippen molar-refractivity contribution in [2.24, 2.45) is 0 Å². The van der Waals surface area contributed by atoms with Gasteiger partial charge in [0.15, 0.2) is 5.65 Å².